The van der Waals surface area contributed by atoms with E-state index in [0.717, 1.165) is 31.6 Å². The van der Waals surface area contributed by atoms with Crippen molar-refractivity contribution < 1.29 is 34.0 Å². The first-order chi connectivity index (χ1) is 21.3. The van der Waals surface area contributed by atoms with Crippen LogP contribution in [0.2, 0.25) is 0 Å². The second-order valence-corrected chi connectivity index (χ2v) is 12.3. The molecule has 3 rings (SSSR count). The highest BCUT2D eigenvalue weighted by atomic mass is 16.5. The van der Waals surface area contributed by atoms with Crippen molar-refractivity contribution in [1.29, 1.82) is 0 Å². The smallest absolute Gasteiger partial charge is 0.335 e. The minimum absolute atomic E-state index is 0.0269. The number of esters is 2. The van der Waals surface area contributed by atoms with E-state index in [1.54, 1.807) is 0 Å². The number of hydrogen-bond donors (Lipinski definition) is 2. The van der Waals surface area contributed by atoms with Gasteiger partial charge < -0.3 is 24.4 Å². The number of aryl methyl sites for hydroxylation is 2. The fourth-order valence-corrected chi connectivity index (χ4v) is 5.75. The van der Waals surface area contributed by atoms with E-state index in [0.29, 0.717) is 13.0 Å². The average molecular weight is 609 g/mol. The first-order valence-electron chi connectivity index (χ1n) is 16.4. The lowest BCUT2D eigenvalue weighted by Gasteiger charge is -2.29. The fourth-order valence-electron chi connectivity index (χ4n) is 5.75. The number of unbranched alkanes of at least 4 members (excludes halogenated alkanes) is 2. The molecule has 1 saturated carbocycles. The van der Waals surface area contributed by atoms with Gasteiger partial charge in [0.1, 0.15) is 0 Å². The van der Waals surface area contributed by atoms with Crippen LogP contribution in [0, 0.1) is 11.8 Å². The highest BCUT2D eigenvalue weighted by Crippen LogP contribution is 2.30. The number of benzene rings is 2. The Morgan fingerprint density at radius 1 is 0.818 bits per heavy atom. The molecule has 2 N–H and O–H groups in total. The maximum absolute atomic E-state index is 11.9. The van der Waals surface area contributed by atoms with Crippen molar-refractivity contribution in [2.75, 3.05) is 33.0 Å². The fraction of sp³-hybridized carbons (Fsp3) is 0.568. The number of fused-ring (bicyclic) bond motifs is 1. The van der Waals surface area contributed by atoms with E-state index >= 15 is 0 Å². The first kappa shape index (κ1) is 35.5. The molecule has 0 aromatic heterocycles. The highest BCUT2D eigenvalue weighted by Gasteiger charge is 2.22. The Balaban J connectivity index is 1.36. The van der Waals surface area contributed by atoms with Gasteiger partial charge in [0, 0.05) is 12.5 Å². The Bertz CT molecular complexity index is 1180. The minimum atomic E-state index is -0.677. The monoisotopic (exact) mass is 608 g/mol. The lowest BCUT2D eigenvalue weighted by molar-refractivity contribution is -0.144. The van der Waals surface area contributed by atoms with E-state index in [4.69, 9.17) is 24.4 Å². The second kappa shape index (κ2) is 19.4. The third-order valence-electron chi connectivity index (χ3n) is 8.64. The van der Waals surface area contributed by atoms with Crippen molar-refractivity contribution in [2.24, 2.45) is 11.8 Å². The Morgan fingerprint density at radius 3 is 1.93 bits per heavy atom. The van der Waals surface area contributed by atoms with Crippen LogP contribution in [0.1, 0.15) is 82.3 Å². The Labute approximate surface area is 263 Å². The highest BCUT2D eigenvalue weighted by molar-refractivity contribution is 5.88. The quantitative estimate of drug-likeness (QED) is 0.0985. The van der Waals surface area contributed by atoms with Crippen molar-refractivity contribution in [2.45, 2.75) is 90.1 Å². The molecule has 0 aliphatic heterocycles. The molecule has 2 aromatic rings. The molecule has 0 atom stereocenters. The lowest BCUT2D eigenvalue weighted by atomic mass is 9.83. The van der Waals surface area contributed by atoms with Gasteiger partial charge in [-0.05, 0) is 92.0 Å². The minimum Gasteiger partial charge on any atom is -0.462 e. The molecule has 7 nitrogen and oxygen atoms in total. The van der Waals surface area contributed by atoms with E-state index in [-0.39, 0.29) is 36.4 Å². The van der Waals surface area contributed by atoms with Gasteiger partial charge >= 0.3 is 11.9 Å². The molecule has 0 saturated heterocycles. The van der Waals surface area contributed by atoms with Crippen LogP contribution in [-0.4, -0.2) is 61.3 Å². The van der Waals surface area contributed by atoms with Gasteiger partial charge in [-0.3, -0.25) is 0 Å². The summed E-state index contributed by atoms with van der Waals surface area (Å²) in [6.45, 7) is 8.87. The van der Waals surface area contributed by atoms with Crippen molar-refractivity contribution in [3.63, 3.8) is 0 Å². The normalized spacial score (nSPS) is 16.6. The summed E-state index contributed by atoms with van der Waals surface area (Å²) >= 11 is 0. The van der Waals surface area contributed by atoms with Gasteiger partial charge in [0.2, 0.25) is 0 Å². The van der Waals surface area contributed by atoms with Crippen molar-refractivity contribution in [3.05, 3.63) is 71.8 Å². The topological polar surface area (TPSA) is 102 Å². The van der Waals surface area contributed by atoms with Crippen LogP contribution in [0.3, 0.4) is 0 Å². The number of rotatable bonds is 20. The number of aliphatic hydroxyl groups is 2. The Hall–Kier alpha value is -3.00. The summed E-state index contributed by atoms with van der Waals surface area (Å²) in [6.07, 6.45) is 13.4. The summed E-state index contributed by atoms with van der Waals surface area (Å²) in [4.78, 5) is 23.8. The summed E-state index contributed by atoms with van der Waals surface area (Å²) in [5.74, 6) is -0.876. The maximum atomic E-state index is 11.9. The third-order valence-corrected chi connectivity index (χ3v) is 8.64. The number of aliphatic hydroxyl groups excluding tert-OH is 2. The SMILES string of the molecule is C=C(CO)C(=O)OCC(CCCOC1CCC(CCc2ccc3cc(CCCCC)ccc3c2)CC1)COC(=O)C(=C)CO. The van der Waals surface area contributed by atoms with Crippen molar-refractivity contribution >= 4 is 22.7 Å². The number of carbonyl (C=O) groups is 2. The Morgan fingerprint density at radius 2 is 1.39 bits per heavy atom. The maximum Gasteiger partial charge on any atom is 0.335 e. The summed E-state index contributed by atoms with van der Waals surface area (Å²) < 4.78 is 16.6. The van der Waals surface area contributed by atoms with Gasteiger partial charge in [-0.15, -0.1) is 0 Å². The van der Waals surface area contributed by atoms with Crippen LogP contribution in [-0.2, 0) is 36.6 Å². The van der Waals surface area contributed by atoms with Gasteiger partial charge in [0.15, 0.2) is 0 Å². The molecular formula is C37H52O7. The van der Waals surface area contributed by atoms with E-state index in [1.807, 2.05) is 0 Å². The zero-order valence-corrected chi connectivity index (χ0v) is 26.6. The van der Waals surface area contributed by atoms with E-state index < -0.39 is 25.2 Å². The molecule has 0 unspecified atom stereocenters. The zero-order chi connectivity index (χ0) is 31.7. The van der Waals surface area contributed by atoms with Crippen LogP contribution in [0.4, 0.5) is 0 Å². The predicted octanol–water partition coefficient (Wildman–Crippen LogP) is 6.66. The molecule has 1 fully saturated rings. The first-order valence-corrected chi connectivity index (χ1v) is 16.4. The summed E-state index contributed by atoms with van der Waals surface area (Å²) in [7, 11) is 0. The molecule has 0 spiro atoms. The van der Waals surface area contributed by atoms with Crippen LogP contribution < -0.4 is 0 Å². The molecule has 1 aliphatic rings. The number of hydrogen-bond acceptors (Lipinski definition) is 7. The molecule has 7 heteroatoms. The summed E-state index contributed by atoms with van der Waals surface area (Å²) in [6, 6.07) is 13.9. The molecule has 0 bridgehead atoms. The zero-order valence-electron chi connectivity index (χ0n) is 26.6. The number of ether oxygens (including phenoxy) is 3. The van der Waals surface area contributed by atoms with Crippen molar-refractivity contribution in [1.82, 2.24) is 0 Å². The van der Waals surface area contributed by atoms with Crippen LogP contribution in [0.5, 0.6) is 0 Å². The third kappa shape index (κ3) is 12.2. The number of carbonyl (C=O) groups excluding carboxylic acids is 2. The molecule has 44 heavy (non-hydrogen) atoms. The summed E-state index contributed by atoms with van der Waals surface area (Å²) in [5.41, 5.74) is 2.80. The standard InChI is InChI=1S/C37H52O7/c1-4-5-6-8-30-12-16-34-22-31(13-17-33(34)21-30)11-10-29-14-18-35(19-15-29)42-20-7-9-32(25-43-36(40)27(2)23-38)26-44-37(41)28(3)24-39/h12-13,16-17,21-22,29,32,35,38-39H,2-11,14-15,18-20,23-26H2,1H3. The van der Waals surface area contributed by atoms with Gasteiger partial charge in [-0.2, -0.15) is 0 Å². The van der Waals surface area contributed by atoms with E-state index in [1.165, 1.54) is 66.8 Å². The van der Waals surface area contributed by atoms with Gasteiger partial charge in [-0.25, -0.2) is 9.59 Å². The second-order valence-electron chi connectivity index (χ2n) is 12.3. The van der Waals surface area contributed by atoms with Crippen LogP contribution in [0.25, 0.3) is 10.8 Å². The molecule has 242 valence electrons. The predicted molar refractivity (Wildman–Crippen MR) is 174 cm³/mol. The van der Waals surface area contributed by atoms with Gasteiger partial charge in [0.25, 0.3) is 0 Å². The molecule has 2 aromatic carbocycles. The molecule has 1 aliphatic carbocycles. The van der Waals surface area contributed by atoms with E-state index in [9.17, 15) is 9.59 Å². The molecule has 0 heterocycles. The van der Waals surface area contributed by atoms with Gasteiger partial charge in [0.05, 0.1) is 43.7 Å². The Kier molecular flexibility index (Phi) is 15.6. The molecule has 0 amide bonds. The molecular weight excluding hydrogens is 556 g/mol. The van der Waals surface area contributed by atoms with Crippen LogP contribution >= 0.6 is 0 Å². The largest absolute Gasteiger partial charge is 0.462 e. The molecule has 0 radical (unpaired) electrons. The average Bonchev–Trinajstić information content (AvgIpc) is 3.05. The lowest BCUT2D eigenvalue weighted by Crippen LogP contribution is -2.24. The van der Waals surface area contributed by atoms with Crippen molar-refractivity contribution in [3.8, 4) is 0 Å². The summed E-state index contributed by atoms with van der Waals surface area (Å²) in [5, 5.41) is 20.8. The van der Waals surface area contributed by atoms with E-state index in [2.05, 4.69) is 56.5 Å². The van der Waals surface area contributed by atoms with Gasteiger partial charge in [-0.1, -0.05) is 69.3 Å². The van der Waals surface area contributed by atoms with Crippen LogP contribution in [0.15, 0.2) is 60.7 Å².